The van der Waals surface area contributed by atoms with Crippen LogP contribution in [-0.2, 0) is 19.5 Å². The minimum absolute atomic E-state index is 0.491. The minimum Gasteiger partial charge on any atom is -0.312 e. The van der Waals surface area contributed by atoms with Crippen LogP contribution in [0.15, 0.2) is 30.3 Å². The number of rotatable bonds is 3. The van der Waals surface area contributed by atoms with E-state index in [0.717, 1.165) is 26.1 Å². The first-order valence-electron chi connectivity index (χ1n) is 7.09. The van der Waals surface area contributed by atoms with Crippen LogP contribution in [0.2, 0.25) is 0 Å². The molecule has 2 aromatic rings. The molecule has 0 aliphatic carbocycles. The zero-order chi connectivity index (χ0) is 13.2. The van der Waals surface area contributed by atoms with Crippen LogP contribution >= 0.6 is 0 Å². The van der Waals surface area contributed by atoms with Gasteiger partial charge >= 0.3 is 0 Å². The first-order chi connectivity index (χ1) is 9.25. The Bertz CT molecular complexity index is 555. The van der Waals surface area contributed by atoms with Gasteiger partial charge in [-0.15, -0.1) is 0 Å². The van der Waals surface area contributed by atoms with Crippen molar-refractivity contribution in [1.82, 2.24) is 15.1 Å². The molecule has 0 amide bonds. The standard InChI is InChI=1S/C16H21N3/c1-12(2)16-14-10-17-9-8-15(14)19(18-16)11-13-6-4-3-5-7-13/h3-7,12,17H,8-11H2,1-2H3. The van der Waals surface area contributed by atoms with Crippen LogP contribution in [0.3, 0.4) is 0 Å². The van der Waals surface area contributed by atoms with Crippen LogP contribution in [0.25, 0.3) is 0 Å². The largest absolute Gasteiger partial charge is 0.312 e. The first-order valence-corrected chi connectivity index (χ1v) is 7.09. The lowest BCUT2D eigenvalue weighted by Crippen LogP contribution is -2.25. The molecular formula is C16H21N3. The van der Waals surface area contributed by atoms with Crippen molar-refractivity contribution >= 4 is 0 Å². The first kappa shape index (κ1) is 12.4. The molecule has 1 aliphatic rings. The predicted octanol–water partition coefficient (Wildman–Crippen LogP) is 2.70. The monoisotopic (exact) mass is 255 g/mol. The maximum Gasteiger partial charge on any atom is 0.0697 e. The SMILES string of the molecule is CC(C)c1nn(Cc2ccccc2)c2c1CNCC2. The van der Waals surface area contributed by atoms with Crippen LogP contribution in [-0.4, -0.2) is 16.3 Å². The lowest BCUT2D eigenvalue weighted by Gasteiger charge is -2.16. The third-order valence-corrected chi connectivity index (χ3v) is 3.76. The molecule has 0 unspecified atom stereocenters. The fraction of sp³-hybridized carbons (Fsp3) is 0.438. The Balaban J connectivity index is 1.97. The molecule has 0 radical (unpaired) electrons. The Morgan fingerprint density at radius 1 is 1.26 bits per heavy atom. The molecule has 0 saturated carbocycles. The molecule has 0 atom stereocenters. The second-order valence-corrected chi connectivity index (χ2v) is 5.54. The van der Waals surface area contributed by atoms with Gasteiger partial charge in [0.25, 0.3) is 0 Å². The van der Waals surface area contributed by atoms with Gasteiger partial charge in [-0.25, -0.2) is 0 Å². The fourth-order valence-electron chi connectivity index (χ4n) is 2.80. The van der Waals surface area contributed by atoms with Gasteiger partial charge in [-0.05, 0) is 11.5 Å². The van der Waals surface area contributed by atoms with E-state index in [0.29, 0.717) is 5.92 Å². The van der Waals surface area contributed by atoms with Crippen molar-refractivity contribution in [2.24, 2.45) is 0 Å². The highest BCUT2D eigenvalue weighted by Gasteiger charge is 2.21. The molecule has 0 spiro atoms. The van der Waals surface area contributed by atoms with E-state index in [-0.39, 0.29) is 0 Å². The van der Waals surface area contributed by atoms with Crippen molar-refractivity contribution in [3.63, 3.8) is 0 Å². The van der Waals surface area contributed by atoms with Gasteiger partial charge in [0, 0.05) is 30.8 Å². The molecule has 1 aromatic heterocycles. The Labute approximate surface area is 114 Å². The van der Waals surface area contributed by atoms with E-state index in [1.165, 1.54) is 22.5 Å². The normalized spacial score (nSPS) is 14.7. The van der Waals surface area contributed by atoms with Crippen molar-refractivity contribution in [1.29, 1.82) is 0 Å². The quantitative estimate of drug-likeness (QED) is 0.914. The number of nitrogens with one attached hydrogen (secondary N) is 1. The zero-order valence-corrected chi connectivity index (χ0v) is 11.7. The average Bonchev–Trinajstić information content (AvgIpc) is 2.79. The summed E-state index contributed by atoms with van der Waals surface area (Å²) in [7, 11) is 0. The van der Waals surface area contributed by atoms with Gasteiger partial charge in [-0.3, -0.25) is 4.68 Å². The van der Waals surface area contributed by atoms with Crippen molar-refractivity contribution in [3.05, 3.63) is 52.8 Å². The second kappa shape index (κ2) is 5.17. The van der Waals surface area contributed by atoms with Gasteiger partial charge in [-0.2, -0.15) is 5.10 Å². The summed E-state index contributed by atoms with van der Waals surface area (Å²) in [5, 5.41) is 8.32. The summed E-state index contributed by atoms with van der Waals surface area (Å²) in [5.74, 6) is 0.491. The van der Waals surface area contributed by atoms with E-state index in [1.807, 2.05) is 0 Å². The van der Waals surface area contributed by atoms with Gasteiger partial charge < -0.3 is 5.32 Å². The van der Waals surface area contributed by atoms with E-state index in [9.17, 15) is 0 Å². The second-order valence-electron chi connectivity index (χ2n) is 5.54. The third-order valence-electron chi connectivity index (χ3n) is 3.76. The van der Waals surface area contributed by atoms with Crippen LogP contribution < -0.4 is 5.32 Å². The van der Waals surface area contributed by atoms with Crippen LogP contribution in [0.4, 0.5) is 0 Å². The van der Waals surface area contributed by atoms with Crippen LogP contribution in [0, 0.1) is 0 Å². The van der Waals surface area contributed by atoms with E-state index >= 15 is 0 Å². The Kier molecular flexibility index (Phi) is 3.38. The molecule has 3 rings (SSSR count). The maximum absolute atomic E-state index is 4.86. The summed E-state index contributed by atoms with van der Waals surface area (Å²) in [6.07, 6.45) is 1.09. The predicted molar refractivity (Wildman–Crippen MR) is 77.3 cm³/mol. The van der Waals surface area contributed by atoms with Gasteiger partial charge in [-0.1, -0.05) is 44.2 Å². The third kappa shape index (κ3) is 2.43. The highest BCUT2D eigenvalue weighted by Crippen LogP contribution is 2.25. The summed E-state index contributed by atoms with van der Waals surface area (Å²) < 4.78 is 2.21. The summed E-state index contributed by atoms with van der Waals surface area (Å²) in [6.45, 7) is 7.37. The van der Waals surface area contributed by atoms with Gasteiger partial charge in [0.05, 0.1) is 12.2 Å². The minimum atomic E-state index is 0.491. The summed E-state index contributed by atoms with van der Waals surface area (Å²) in [5.41, 5.74) is 5.43. The number of hydrogen-bond donors (Lipinski definition) is 1. The molecular weight excluding hydrogens is 234 g/mol. The topological polar surface area (TPSA) is 29.9 Å². The van der Waals surface area contributed by atoms with Gasteiger partial charge in [0.1, 0.15) is 0 Å². The number of hydrogen-bond acceptors (Lipinski definition) is 2. The molecule has 0 bridgehead atoms. The number of benzene rings is 1. The van der Waals surface area contributed by atoms with Crippen molar-refractivity contribution in [3.8, 4) is 0 Å². The summed E-state index contributed by atoms with van der Waals surface area (Å²) in [6, 6.07) is 10.6. The summed E-state index contributed by atoms with van der Waals surface area (Å²) in [4.78, 5) is 0. The molecule has 0 saturated heterocycles. The smallest absolute Gasteiger partial charge is 0.0697 e. The molecule has 100 valence electrons. The molecule has 1 N–H and O–H groups in total. The highest BCUT2D eigenvalue weighted by atomic mass is 15.3. The van der Waals surface area contributed by atoms with Crippen molar-refractivity contribution in [2.75, 3.05) is 6.54 Å². The lowest BCUT2D eigenvalue weighted by atomic mass is 10.0. The Morgan fingerprint density at radius 3 is 2.79 bits per heavy atom. The van der Waals surface area contributed by atoms with Crippen LogP contribution in [0.1, 0.15) is 42.3 Å². The lowest BCUT2D eigenvalue weighted by molar-refractivity contribution is 0.582. The van der Waals surface area contributed by atoms with Crippen molar-refractivity contribution in [2.45, 2.75) is 39.3 Å². The molecule has 2 heterocycles. The molecule has 3 heteroatoms. The number of aromatic nitrogens is 2. The average molecular weight is 255 g/mol. The van der Waals surface area contributed by atoms with Gasteiger partial charge in [0.15, 0.2) is 0 Å². The summed E-state index contributed by atoms with van der Waals surface area (Å²) >= 11 is 0. The van der Waals surface area contributed by atoms with Crippen LogP contribution in [0.5, 0.6) is 0 Å². The molecule has 1 aromatic carbocycles. The Hall–Kier alpha value is -1.61. The molecule has 0 fully saturated rings. The molecule has 1 aliphatic heterocycles. The maximum atomic E-state index is 4.86. The Morgan fingerprint density at radius 2 is 2.05 bits per heavy atom. The van der Waals surface area contributed by atoms with E-state index < -0.39 is 0 Å². The number of nitrogens with zero attached hydrogens (tertiary/aromatic N) is 2. The van der Waals surface area contributed by atoms with E-state index in [4.69, 9.17) is 5.10 Å². The zero-order valence-electron chi connectivity index (χ0n) is 11.7. The van der Waals surface area contributed by atoms with Gasteiger partial charge in [0.2, 0.25) is 0 Å². The highest BCUT2D eigenvalue weighted by molar-refractivity contribution is 5.31. The number of fused-ring (bicyclic) bond motifs is 1. The van der Waals surface area contributed by atoms with Crippen molar-refractivity contribution < 1.29 is 0 Å². The fourth-order valence-corrected chi connectivity index (χ4v) is 2.80. The van der Waals surface area contributed by atoms with E-state index in [1.54, 1.807) is 0 Å². The molecule has 19 heavy (non-hydrogen) atoms. The molecule has 3 nitrogen and oxygen atoms in total. The van der Waals surface area contributed by atoms with E-state index in [2.05, 4.69) is 54.2 Å².